The Morgan fingerprint density at radius 1 is 1.21 bits per heavy atom. The minimum atomic E-state index is 0.717. The molecule has 19 heavy (non-hydrogen) atoms. The quantitative estimate of drug-likeness (QED) is 0.802. The molecule has 1 heteroatoms. The molecule has 0 heterocycles. The molecule has 0 saturated heterocycles. The number of rotatable bonds is 6. The fourth-order valence-corrected chi connectivity index (χ4v) is 3.64. The van der Waals surface area contributed by atoms with E-state index in [2.05, 4.69) is 36.5 Å². The van der Waals surface area contributed by atoms with E-state index >= 15 is 0 Å². The topological polar surface area (TPSA) is 12.0 Å². The number of hydrogen-bond donors (Lipinski definition) is 1. The largest absolute Gasteiger partial charge is 0.313 e. The van der Waals surface area contributed by atoms with Crippen molar-refractivity contribution >= 4 is 0 Å². The van der Waals surface area contributed by atoms with Gasteiger partial charge in [0.05, 0.1) is 0 Å². The van der Waals surface area contributed by atoms with Crippen molar-refractivity contribution in [1.82, 2.24) is 5.32 Å². The SMILES string of the molecule is CCCNC(CC1CC1)C1CCCc2ccccc21. The van der Waals surface area contributed by atoms with Crippen LogP contribution in [0.4, 0.5) is 0 Å². The molecule has 0 bridgehead atoms. The zero-order valence-corrected chi connectivity index (χ0v) is 12.2. The molecule has 0 amide bonds. The molecule has 0 radical (unpaired) electrons. The highest BCUT2D eigenvalue weighted by Crippen LogP contribution is 2.40. The molecule has 0 aromatic heterocycles. The van der Waals surface area contributed by atoms with Crippen LogP contribution in [0.1, 0.15) is 62.5 Å². The van der Waals surface area contributed by atoms with Crippen LogP contribution in [0.2, 0.25) is 0 Å². The number of benzene rings is 1. The van der Waals surface area contributed by atoms with Gasteiger partial charge in [0.2, 0.25) is 0 Å². The van der Waals surface area contributed by atoms with Gasteiger partial charge in [-0.3, -0.25) is 0 Å². The number of aryl methyl sites for hydroxylation is 1. The van der Waals surface area contributed by atoms with Gasteiger partial charge in [0, 0.05) is 6.04 Å². The minimum absolute atomic E-state index is 0.717. The molecular weight excluding hydrogens is 230 g/mol. The zero-order chi connectivity index (χ0) is 13.1. The summed E-state index contributed by atoms with van der Waals surface area (Å²) in [5.41, 5.74) is 3.25. The van der Waals surface area contributed by atoms with Gasteiger partial charge in [-0.05, 0) is 61.6 Å². The van der Waals surface area contributed by atoms with Gasteiger partial charge in [0.15, 0.2) is 0 Å². The molecule has 2 aliphatic carbocycles. The zero-order valence-electron chi connectivity index (χ0n) is 12.2. The predicted octanol–water partition coefficient (Wildman–Crippen LogP) is 4.27. The second kappa shape index (κ2) is 6.09. The number of fused-ring (bicyclic) bond motifs is 1. The average molecular weight is 257 g/mol. The van der Waals surface area contributed by atoms with E-state index in [1.807, 2.05) is 0 Å². The summed E-state index contributed by atoms with van der Waals surface area (Å²) in [5, 5.41) is 3.85. The summed E-state index contributed by atoms with van der Waals surface area (Å²) in [4.78, 5) is 0. The summed E-state index contributed by atoms with van der Waals surface area (Å²) in [6, 6.07) is 9.87. The van der Waals surface area contributed by atoms with Crippen molar-refractivity contribution in [1.29, 1.82) is 0 Å². The van der Waals surface area contributed by atoms with Crippen molar-refractivity contribution in [2.75, 3.05) is 6.54 Å². The maximum Gasteiger partial charge on any atom is 0.0138 e. The molecule has 0 spiro atoms. The molecule has 1 fully saturated rings. The van der Waals surface area contributed by atoms with Crippen molar-refractivity contribution in [3.05, 3.63) is 35.4 Å². The third-order valence-electron chi connectivity index (χ3n) is 4.84. The van der Waals surface area contributed by atoms with Gasteiger partial charge >= 0.3 is 0 Å². The highest BCUT2D eigenvalue weighted by Gasteiger charge is 2.32. The van der Waals surface area contributed by atoms with Crippen LogP contribution < -0.4 is 5.32 Å². The van der Waals surface area contributed by atoms with Crippen LogP contribution in [-0.2, 0) is 6.42 Å². The third-order valence-corrected chi connectivity index (χ3v) is 4.84. The van der Waals surface area contributed by atoms with Gasteiger partial charge in [0.1, 0.15) is 0 Å². The lowest BCUT2D eigenvalue weighted by Crippen LogP contribution is -2.37. The second-order valence-corrected chi connectivity index (χ2v) is 6.44. The van der Waals surface area contributed by atoms with Crippen LogP contribution in [0.15, 0.2) is 24.3 Å². The van der Waals surface area contributed by atoms with Crippen LogP contribution in [0, 0.1) is 5.92 Å². The van der Waals surface area contributed by atoms with Gasteiger partial charge in [-0.25, -0.2) is 0 Å². The maximum atomic E-state index is 3.85. The summed E-state index contributed by atoms with van der Waals surface area (Å²) in [6.45, 7) is 3.45. The minimum Gasteiger partial charge on any atom is -0.313 e. The fourth-order valence-electron chi connectivity index (χ4n) is 3.64. The van der Waals surface area contributed by atoms with E-state index in [4.69, 9.17) is 0 Å². The average Bonchev–Trinajstić information content (AvgIpc) is 3.27. The van der Waals surface area contributed by atoms with Crippen LogP contribution in [0.5, 0.6) is 0 Å². The normalized spacial score (nSPS) is 23.9. The van der Waals surface area contributed by atoms with Crippen LogP contribution in [-0.4, -0.2) is 12.6 Å². The van der Waals surface area contributed by atoms with Crippen LogP contribution in [0.3, 0.4) is 0 Å². The van der Waals surface area contributed by atoms with E-state index in [0.717, 1.165) is 11.8 Å². The summed E-state index contributed by atoms with van der Waals surface area (Å²) < 4.78 is 0. The summed E-state index contributed by atoms with van der Waals surface area (Å²) >= 11 is 0. The Kier molecular flexibility index (Phi) is 4.22. The van der Waals surface area contributed by atoms with Gasteiger partial charge in [-0.1, -0.05) is 44.0 Å². The standard InChI is InChI=1S/C18H27N/c1-2-12-19-18(13-14-10-11-14)17-9-5-7-15-6-3-4-8-16(15)17/h3-4,6,8,14,17-19H,2,5,7,9-13H2,1H3. The first-order chi connectivity index (χ1) is 9.38. The highest BCUT2D eigenvalue weighted by molar-refractivity contribution is 5.33. The first-order valence-electron chi connectivity index (χ1n) is 8.19. The molecule has 1 saturated carbocycles. The Morgan fingerprint density at radius 2 is 2.05 bits per heavy atom. The first-order valence-corrected chi connectivity index (χ1v) is 8.19. The Bertz CT molecular complexity index is 408. The third kappa shape index (κ3) is 3.20. The van der Waals surface area contributed by atoms with Crippen molar-refractivity contribution in [3.8, 4) is 0 Å². The lowest BCUT2D eigenvalue weighted by molar-refractivity contribution is 0.360. The molecule has 1 aromatic carbocycles. The number of nitrogens with one attached hydrogen (secondary N) is 1. The maximum absolute atomic E-state index is 3.85. The van der Waals surface area contributed by atoms with Gasteiger partial charge in [-0.2, -0.15) is 0 Å². The number of hydrogen-bond acceptors (Lipinski definition) is 1. The molecule has 0 aliphatic heterocycles. The summed E-state index contributed by atoms with van der Waals surface area (Å²) in [7, 11) is 0. The van der Waals surface area contributed by atoms with E-state index in [1.165, 1.54) is 51.5 Å². The second-order valence-electron chi connectivity index (χ2n) is 6.44. The van der Waals surface area contributed by atoms with E-state index in [9.17, 15) is 0 Å². The summed E-state index contributed by atoms with van der Waals surface area (Å²) in [5.74, 6) is 1.78. The van der Waals surface area contributed by atoms with Crippen molar-refractivity contribution in [2.45, 2.75) is 63.8 Å². The molecule has 1 N–H and O–H groups in total. The molecule has 3 rings (SSSR count). The molecule has 2 aliphatic rings. The van der Waals surface area contributed by atoms with Crippen molar-refractivity contribution in [3.63, 3.8) is 0 Å². The van der Waals surface area contributed by atoms with Crippen molar-refractivity contribution < 1.29 is 0 Å². The molecule has 1 aromatic rings. The van der Waals surface area contributed by atoms with Gasteiger partial charge in [-0.15, -0.1) is 0 Å². The van der Waals surface area contributed by atoms with E-state index in [-0.39, 0.29) is 0 Å². The first kappa shape index (κ1) is 13.2. The molecule has 1 nitrogen and oxygen atoms in total. The van der Waals surface area contributed by atoms with Gasteiger partial charge < -0.3 is 5.32 Å². The Balaban J connectivity index is 1.77. The molecule has 104 valence electrons. The highest BCUT2D eigenvalue weighted by atomic mass is 14.9. The lowest BCUT2D eigenvalue weighted by atomic mass is 9.77. The van der Waals surface area contributed by atoms with Gasteiger partial charge in [0.25, 0.3) is 0 Å². The molecule has 2 atom stereocenters. The van der Waals surface area contributed by atoms with Crippen molar-refractivity contribution in [2.24, 2.45) is 5.92 Å². The summed E-state index contributed by atoms with van der Waals surface area (Å²) in [6.07, 6.45) is 9.63. The van der Waals surface area contributed by atoms with Crippen LogP contribution in [0.25, 0.3) is 0 Å². The monoisotopic (exact) mass is 257 g/mol. The Morgan fingerprint density at radius 3 is 2.84 bits per heavy atom. The smallest absolute Gasteiger partial charge is 0.0138 e. The van der Waals surface area contributed by atoms with E-state index in [1.54, 1.807) is 11.1 Å². The molecule has 2 unspecified atom stereocenters. The molecular formula is C18H27N. The fraction of sp³-hybridized carbons (Fsp3) is 0.667. The predicted molar refractivity (Wildman–Crippen MR) is 81.5 cm³/mol. The Hall–Kier alpha value is -0.820. The Labute approximate surface area is 117 Å². The van der Waals surface area contributed by atoms with E-state index < -0.39 is 0 Å². The van der Waals surface area contributed by atoms with Crippen LogP contribution >= 0.6 is 0 Å². The lowest BCUT2D eigenvalue weighted by Gasteiger charge is -2.33. The van der Waals surface area contributed by atoms with E-state index in [0.29, 0.717) is 6.04 Å².